The summed E-state index contributed by atoms with van der Waals surface area (Å²) in [6.45, 7) is 1.99. The van der Waals surface area contributed by atoms with Gasteiger partial charge in [-0.25, -0.2) is 0 Å². The van der Waals surface area contributed by atoms with Crippen LogP contribution in [0, 0.1) is 0 Å². The molecule has 4 nitrogen and oxygen atoms in total. The molecule has 0 spiro atoms. The zero-order valence-corrected chi connectivity index (χ0v) is 14.2. The van der Waals surface area contributed by atoms with Crippen molar-refractivity contribution in [1.82, 2.24) is 5.32 Å². The number of hydrogen-bond donors (Lipinski definition) is 3. The van der Waals surface area contributed by atoms with Crippen LogP contribution in [0.5, 0.6) is 0 Å². The van der Waals surface area contributed by atoms with Gasteiger partial charge in [0, 0.05) is 23.3 Å². The van der Waals surface area contributed by atoms with Gasteiger partial charge in [-0.1, -0.05) is 43.9 Å². The van der Waals surface area contributed by atoms with Crippen molar-refractivity contribution in [2.75, 3.05) is 12.4 Å². The van der Waals surface area contributed by atoms with Crippen LogP contribution in [0.25, 0.3) is 0 Å². The summed E-state index contributed by atoms with van der Waals surface area (Å²) in [5.41, 5.74) is 7.54. The van der Waals surface area contributed by atoms with Crippen LogP contribution in [-0.2, 0) is 10.3 Å². The standard InChI is InChI=1S/C17H26ClN3O/c1-3-14(16(19)22)21-17(9-5-4-6-10-17)13-8-7-12(18)11-15(13)20-2/h7-8,11,14,20-21H,3-6,9-10H2,1-2H3,(H2,19,22)/t14-/m1/s1. The first-order chi connectivity index (χ1) is 10.5. The van der Waals surface area contributed by atoms with E-state index in [9.17, 15) is 4.79 Å². The number of carbonyl (C=O) groups is 1. The van der Waals surface area contributed by atoms with Gasteiger partial charge >= 0.3 is 0 Å². The zero-order valence-electron chi connectivity index (χ0n) is 13.4. The molecule has 1 saturated carbocycles. The predicted molar refractivity (Wildman–Crippen MR) is 92.2 cm³/mol. The largest absolute Gasteiger partial charge is 0.388 e. The van der Waals surface area contributed by atoms with Crippen LogP contribution in [0.3, 0.4) is 0 Å². The number of nitrogens with two attached hydrogens (primary N) is 1. The van der Waals surface area contributed by atoms with Gasteiger partial charge in [0.25, 0.3) is 0 Å². The van der Waals surface area contributed by atoms with E-state index in [0.717, 1.165) is 31.4 Å². The maximum atomic E-state index is 11.7. The van der Waals surface area contributed by atoms with Crippen molar-refractivity contribution >= 4 is 23.2 Å². The second-order valence-electron chi connectivity index (χ2n) is 6.09. The van der Waals surface area contributed by atoms with Crippen LogP contribution in [0.4, 0.5) is 5.69 Å². The fourth-order valence-electron chi connectivity index (χ4n) is 3.50. The van der Waals surface area contributed by atoms with Gasteiger partial charge in [-0.2, -0.15) is 0 Å². The summed E-state index contributed by atoms with van der Waals surface area (Å²) in [4.78, 5) is 11.7. The van der Waals surface area contributed by atoms with Crippen molar-refractivity contribution < 1.29 is 4.79 Å². The highest BCUT2D eigenvalue weighted by molar-refractivity contribution is 6.30. The number of nitrogens with one attached hydrogen (secondary N) is 2. The molecule has 1 aromatic rings. The summed E-state index contributed by atoms with van der Waals surface area (Å²) in [6.07, 6.45) is 6.24. The first kappa shape index (κ1) is 17.1. The Morgan fingerprint density at radius 1 is 1.36 bits per heavy atom. The Hall–Kier alpha value is -1.26. The zero-order chi connectivity index (χ0) is 16.2. The molecule has 1 atom stereocenters. The first-order valence-corrected chi connectivity index (χ1v) is 8.45. The van der Waals surface area contributed by atoms with Crippen LogP contribution in [0.1, 0.15) is 51.0 Å². The average molecular weight is 324 g/mol. The van der Waals surface area contributed by atoms with Crippen LogP contribution in [0.15, 0.2) is 18.2 Å². The smallest absolute Gasteiger partial charge is 0.234 e. The maximum absolute atomic E-state index is 11.7. The molecule has 5 heteroatoms. The second-order valence-corrected chi connectivity index (χ2v) is 6.53. The molecule has 2 rings (SSSR count). The van der Waals surface area contributed by atoms with E-state index in [1.54, 1.807) is 0 Å². The van der Waals surface area contributed by atoms with Gasteiger partial charge in [0.05, 0.1) is 6.04 Å². The molecular formula is C17H26ClN3O. The Bertz CT molecular complexity index is 527. The minimum atomic E-state index is -0.307. The van der Waals surface area contributed by atoms with E-state index in [0.29, 0.717) is 11.4 Å². The van der Waals surface area contributed by atoms with E-state index in [2.05, 4.69) is 16.7 Å². The van der Waals surface area contributed by atoms with E-state index in [1.807, 2.05) is 26.1 Å². The van der Waals surface area contributed by atoms with Crippen LogP contribution < -0.4 is 16.4 Å². The lowest BCUT2D eigenvalue weighted by Crippen LogP contribution is -2.53. The number of amides is 1. The lowest BCUT2D eigenvalue weighted by molar-refractivity contribution is -0.120. The van der Waals surface area contributed by atoms with Gasteiger partial charge in [0.2, 0.25) is 5.91 Å². The number of carbonyl (C=O) groups excluding carboxylic acids is 1. The summed E-state index contributed by atoms with van der Waals surface area (Å²) in [7, 11) is 1.90. The highest BCUT2D eigenvalue weighted by atomic mass is 35.5. The molecule has 22 heavy (non-hydrogen) atoms. The molecule has 0 saturated heterocycles. The Kier molecular flexibility index (Phi) is 5.70. The Morgan fingerprint density at radius 3 is 2.59 bits per heavy atom. The highest BCUT2D eigenvalue weighted by Gasteiger charge is 2.38. The maximum Gasteiger partial charge on any atom is 0.234 e. The van der Waals surface area contributed by atoms with Gasteiger partial charge in [-0.05, 0) is 37.0 Å². The lowest BCUT2D eigenvalue weighted by atomic mass is 9.75. The van der Waals surface area contributed by atoms with Gasteiger partial charge in [-0.3, -0.25) is 10.1 Å². The molecule has 4 N–H and O–H groups in total. The third kappa shape index (κ3) is 3.55. The average Bonchev–Trinajstić information content (AvgIpc) is 2.53. The number of rotatable bonds is 6. The van der Waals surface area contributed by atoms with Crippen LogP contribution in [0.2, 0.25) is 5.02 Å². The fraction of sp³-hybridized carbons (Fsp3) is 0.588. The minimum Gasteiger partial charge on any atom is -0.388 e. The van der Waals surface area contributed by atoms with Gasteiger partial charge in [0.1, 0.15) is 0 Å². The summed E-state index contributed by atoms with van der Waals surface area (Å²) < 4.78 is 0. The van der Waals surface area contributed by atoms with Gasteiger partial charge < -0.3 is 11.1 Å². The normalized spacial score (nSPS) is 18.7. The summed E-state index contributed by atoms with van der Waals surface area (Å²) in [5.74, 6) is -0.285. The van der Waals surface area contributed by atoms with Gasteiger partial charge in [-0.15, -0.1) is 0 Å². The fourth-order valence-corrected chi connectivity index (χ4v) is 3.67. The molecule has 0 radical (unpaired) electrons. The lowest BCUT2D eigenvalue weighted by Gasteiger charge is -2.42. The summed E-state index contributed by atoms with van der Waals surface area (Å²) in [5, 5.41) is 7.52. The molecular weight excluding hydrogens is 298 g/mol. The van der Waals surface area contributed by atoms with E-state index in [1.165, 1.54) is 12.0 Å². The molecule has 1 fully saturated rings. The van der Waals surface area contributed by atoms with Crippen LogP contribution in [-0.4, -0.2) is 19.0 Å². The molecule has 1 amide bonds. The molecule has 0 bridgehead atoms. The number of benzene rings is 1. The van der Waals surface area contributed by atoms with Crippen LogP contribution >= 0.6 is 11.6 Å². The van der Waals surface area contributed by atoms with E-state index in [-0.39, 0.29) is 17.5 Å². The Balaban J connectivity index is 2.43. The quantitative estimate of drug-likeness (QED) is 0.751. The van der Waals surface area contributed by atoms with E-state index < -0.39 is 0 Å². The van der Waals surface area contributed by atoms with Gasteiger partial charge in [0.15, 0.2) is 0 Å². The first-order valence-electron chi connectivity index (χ1n) is 8.07. The number of halogens is 1. The molecule has 1 aliphatic carbocycles. The molecule has 0 unspecified atom stereocenters. The number of primary amides is 1. The molecule has 0 aliphatic heterocycles. The third-order valence-electron chi connectivity index (χ3n) is 4.68. The van der Waals surface area contributed by atoms with Crippen molar-refractivity contribution in [3.8, 4) is 0 Å². The minimum absolute atomic E-state index is 0.211. The Morgan fingerprint density at radius 2 is 2.05 bits per heavy atom. The monoisotopic (exact) mass is 323 g/mol. The SMILES string of the molecule is CC[C@@H](NC1(c2ccc(Cl)cc2NC)CCCCC1)C(N)=O. The molecule has 122 valence electrons. The summed E-state index contributed by atoms with van der Waals surface area (Å²) >= 11 is 6.13. The second kappa shape index (κ2) is 7.34. The topological polar surface area (TPSA) is 67.2 Å². The Labute approximate surface area is 137 Å². The van der Waals surface area contributed by atoms with Crippen molar-refractivity contribution in [3.05, 3.63) is 28.8 Å². The molecule has 0 aromatic heterocycles. The van der Waals surface area contributed by atoms with Crippen molar-refractivity contribution in [2.45, 2.75) is 57.0 Å². The van der Waals surface area contributed by atoms with E-state index >= 15 is 0 Å². The molecule has 1 aliphatic rings. The highest BCUT2D eigenvalue weighted by Crippen LogP contribution is 2.41. The third-order valence-corrected chi connectivity index (χ3v) is 4.91. The van der Waals surface area contributed by atoms with Crippen molar-refractivity contribution in [1.29, 1.82) is 0 Å². The molecule has 0 heterocycles. The van der Waals surface area contributed by atoms with Crippen molar-refractivity contribution in [2.24, 2.45) is 5.73 Å². The predicted octanol–water partition coefficient (Wildman–Crippen LogP) is 3.39. The number of anilines is 1. The summed E-state index contributed by atoms with van der Waals surface area (Å²) in [6, 6.07) is 5.62. The van der Waals surface area contributed by atoms with E-state index in [4.69, 9.17) is 17.3 Å². The number of hydrogen-bond acceptors (Lipinski definition) is 3. The van der Waals surface area contributed by atoms with Crippen molar-refractivity contribution in [3.63, 3.8) is 0 Å². The molecule has 1 aromatic carbocycles.